The lowest BCUT2D eigenvalue weighted by Gasteiger charge is -2.04. The highest BCUT2D eigenvalue weighted by molar-refractivity contribution is 9.13. The number of carbonyl (C=O) groups is 1. The van der Waals surface area contributed by atoms with Crippen LogP contribution in [0.2, 0.25) is 0 Å². The van der Waals surface area contributed by atoms with E-state index in [1.807, 2.05) is 48.5 Å². The number of methoxy groups -OCH3 is 1. The highest BCUT2D eigenvalue weighted by Gasteiger charge is 2.06. The van der Waals surface area contributed by atoms with E-state index in [9.17, 15) is 4.79 Å². The van der Waals surface area contributed by atoms with Gasteiger partial charge in [0, 0.05) is 14.9 Å². The molecule has 0 saturated carbocycles. The first-order valence-corrected chi connectivity index (χ1v) is 9.22. The van der Waals surface area contributed by atoms with E-state index in [1.54, 1.807) is 24.5 Å². The van der Waals surface area contributed by atoms with Gasteiger partial charge in [0.1, 0.15) is 5.75 Å². The zero-order chi connectivity index (χ0) is 16.4. The van der Waals surface area contributed by atoms with Gasteiger partial charge in [0.15, 0.2) is 5.78 Å². The first kappa shape index (κ1) is 16.4. The standard InChI is InChI=1S/C18H12Br2O2S/c1-22-14-5-4-11-8-13(3-2-12(11)9-14)17(21)7-6-15-10-16(19)18(20)23-15/h2-10H,1H3/b7-6+. The number of ether oxygens (including phenoxy) is 1. The van der Waals surface area contributed by atoms with Crippen molar-refractivity contribution in [3.63, 3.8) is 0 Å². The summed E-state index contributed by atoms with van der Waals surface area (Å²) in [5.41, 5.74) is 0.675. The van der Waals surface area contributed by atoms with Crippen molar-refractivity contribution in [3.05, 3.63) is 67.2 Å². The quantitative estimate of drug-likeness (QED) is 0.342. The molecule has 0 atom stereocenters. The van der Waals surface area contributed by atoms with Crippen molar-refractivity contribution in [2.75, 3.05) is 7.11 Å². The maximum absolute atomic E-state index is 12.3. The summed E-state index contributed by atoms with van der Waals surface area (Å²) < 4.78 is 7.23. The molecule has 0 aliphatic heterocycles. The Morgan fingerprint density at radius 3 is 2.52 bits per heavy atom. The third-order valence-corrected chi connectivity index (χ3v) is 6.62. The number of carbonyl (C=O) groups excluding carboxylic acids is 1. The number of ketones is 1. The first-order chi connectivity index (χ1) is 11.1. The molecule has 5 heteroatoms. The highest BCUT2D eigenvalue weighted by Crippen LogP contribution is 2.33. The van der Waals surface area contributed by atoms with Gasteiger partial charge in [-0.15, -0.1) is 11.3 Å². The molecule has 0 radical (unpaired) electrons. The number of halogens is 2. The lowest BCUT2D eigenvalue weighted by atomic mass is 10.0. The van der Waals surface area contributed by atoms with Crippen LogP contribution in [0.15, 0.2) is 56.8 Å². The molecule has 1 heterocycles. The molecule has 2 nitrogen and oxygen atoms in total. The van der Waals surface area contributed by atoms with Gasteiger partial charge in [-0.3, -0.25) is 4.79 Å². The van der Waals surface area contributed by atoms with Crippen LogP contribution >= 0.6 is 43.2 Å². The largest absolute Gasteiger partial charge is 0.497 e. The third-order valence-electron chi connectivity index (χ3n) is 3.40. The molecule has 116 valence electrons. The van der Waals surface area contributed by atoms with E-state index >= 15 is 0 Å². The fraction of sp³-hybridized carbons (Fsp3) is 0.0556. The molecule has 0 N–H and O–H groups in total. The van der Waals surface area contributed by atoms with Gasteiger partial charge in [0.05, 0.1) is 10.9 Å². The molecular formula is C18H12Br2O2S. The Labute approximate surface area is 155 Å². The van der Waals surface area contributed by atoms with Gasteiger partial charge in [-0.25, -0.2) is 0 Å². The molecule has 0 unspecified atom stereocenters. The lowest BCUT2D eigenvalue weighted by molar-refractivity contribution is 0.104. The van der Waals surface area contributed by atoms with Crippen LogP contribution in [0.25, 0.3) is 16.8 Å². The summed E-state index contributed by atoms with van der Waals surface area (Å²) in [4.78, 5) is 13.4. The SMILES string of the molecule is COc1ccc2cc(C(=O)/C=C/c3cc(Br)c(Br)s3)ccc2c1. The summed E-state index contributed by atoms with van der Waals surface area (Å²) in [7, 11) is 1.64. The molecule has 0 bridgehead atoms. The maximum Gasteiger partial charge on any atom is 0.185 e. The topological polar surface area (TPSA) is 26.3 Å². The van der Waals surface area contributed by atoms with E-state index in [-0.39, 0.29) is 5.78 Å². The molecule has 2 aromatic carbocycles. The minimum atomic E-state index is -0.0108. The normalized spacial score (nSPS) is 11.3. The molecule has 1 aromatic heterocycles. The van der Waals surface area contributed by atoms with Crippen LogP contribution in [-0.4, -0.2) is 12.9 Å². The lowest BCUT2D eigenvalue weighted by Crippen LogP contribution is -1.93. The second-order valence-electron chi connectivity index (χ2n) is 4.90. The molecule has 3 aromatic rings. The van der Waals surface area contributed by atoms with Gasteiger partial charge >= 0.3 is 0 Å². The summed E-state index contributed by atoms with van der Waals surface area (Å²) in [5, 5.41) is 2.07. The fourth-order valence-corrected chi connectivity index (χ4v) is 4.20. The number of fused-ring (bicyclic) bond motifs is 1. The van der Waals surface area contributed by atoms with Gasteiger partial charge in [-0.05, 0) is 79.0 Å². The molecule has 23 heavy (non-hydrogen) atoms. The fourth-order valence-electron chi connectivity index (χ4n) is 2.20. The van der Waals surface area contributed by atoms with Crippen LogP contribution in [-0.2, 0) is 0 Å². The predicted octanol–water partition coefficient (Wildman–Crippen LogP) is 6.33. The minimum absolute atomic E-state index is 0.0108. The molecule has 0 spiro atoms. The predicted molar refractivity (Wildman–Crippen MR) is 104 cm³/mol. The van der Waals surface area contributed by atoms with Crippen molar-refractivity contribution < 1.29 is 9.53 Å². The average Bonchev–Trinajstić information content (AvgIpc) is 2.89. The van der Waals surface area contributed by atoms with Crippen molar-refractivity contribution in [2.45, 2.75) is 0 Å². The average molecular weight is 452 g/mol. The Kier molecular flexibility index (Phi) is 4.99. The summed E-state index contributed by atoms with van der Waals surface area (Å²) in [6.07, 6.45) is 3.44. The first-order valence-electron chi connectivity index (χ1n) is 6.82. The van der Waals surface area contributed by atoms with Crippen LogP contribution in [0.3, 0.4) is 0 Å². The Bertz CT molecular complexity index is 893. The van der Waals surface area contributed by atoms with Crippen LogP contribution in [0.5, 0.6) is 5.75 Å². The van der Waals surface area contributed by atoms with Crippen molar-refractivity contribution in [1.29, 1.82) is 0 Å². The summed E-state index contributed by atoms with van der Waals surface area (Å²) >= 11 is 8.47. The summed E-state index contributed by atoms with van der Waals surface area (Å²) in [5.74, 6) is 0.800. The van der Waals surface area contributed by atoms with E-state index in [1.165, 1.54) is 0 Å². The molecule has 0 aliphatic carbocycles. The molecule has 0 fully saturated rings. The molecule has 0 amide bonds. The van der Waals surface area contributed by atoms with E-state index < -0.39 is 0 Å². The van der Waals surface area contributed by atoms with Crippen molar-refractivity contribution in [2.24, 2.45) is 0 Å². The number of rotatable bonds is 4. The van der Waals surface area contributed by atoms with Gasteiger partial charge in [0.25, 0.3) is 0 Å². The molecule has 0 aliphatic rings. The number of thiophene rings is 1. The second-order valence-corrected chi connectivity index (χ2v) is 8.15. The van der Waals surface area contributed by atoms with Gasteiger partial charge in [-0.1, -0.05) is 18.2 Å². The second kappa shape index (κ2) is 6.99. The maximum atomic E-state index is 12.3. The van der Waals surface area contributed by atoms with Crippen LogP contribution in [0, 0.1) is 0 Å². The van der Waals surface area contributed by atoms with E-state index in [4.69, 9.17) is 4.74 Å². The zero-order valence-corrected chi connectivity index (χ0v) is 16.2. The molecule has 3 rings (SSSR count). The summed E-state index contributed by atoms with van der Waals surface area (Å²) in [6, 6.07) is 13.5. The third kappa shape index (κ3) is 3.74. The zero-order valence-electron chi connectivity index (χ0n) is 12.2. The highest BCUT2D eigenvalue weighted by atomic mass is 79.9. The van der Waals surface area contributed by atoms with Crippen molar-refractivity contribution in [1.82, 2.24) is 0 Å². The van der Waals surface area contributed by atoms with E-state index in [0.29, 0.717) is 5.56 Å². The number of allylic oxidation sites excluding steroid dienone is 1. The molecular weight excluding hydrogens is 440 g/mol. The number of hydrogen-bond acceptors (Lipinski definition) is 3. The Morgan fingerprint density at radius 2 is 1.83 bits per heavy atom. The molecule has 0 saturated heterocycles. The van der Waals surface area contributed by atoms with Crippen LogP contribution < -0.4 is 4.74 Å². The number of hydrogen-bond donors (Lipinski definition) is 0. The smallest absolute Gasteiger partial charge is 0.185 e. The van der Waals surface area contributed by atoms with Gasteiger partial charge in [-0.2, -0.15) is 0 Å². The Balaban J connectivity index is 1.85. The van der Waals surface area contributed by atoms with Crippen LogP contribution in [0.4, 0.5) is 0 Å². The summed E-state index contributed by atoms with van der Waals surface area (Å²) in [6.45, 7) is 0. The monoisotopic (exact) mass is 450 g/mol. The minimum Gasteiger partial charge on any atom is -0.497 e. The van der Waals surface area contributed by atoms with E-state index in [0.717, 1.165) is 29.7 Å². The van der Waals surface area contributed by atoms with E-state index in [2.05, 4.69) is 31.9 Å². The Hall–Kier alpha value is -1.43. The van der Waals surface area contributed by atoms with Gasteiger partial charge in [0.2, 0.25) is 0 Å². The van der Waals surface area contributed by atoms with Crippen molar-refractivity contribution in [3.8, 4) is 5.75 Å². The van der Waals surface area contributed by atoms with Crippen molar-refractivity contribution >= 4 is 65.8 Å². The van der Waals surface area contributed by atoms with Crippen LogP contribution in [0.1, 0.15) is 15.2 Å². The van der Waals surface area contributed by atoms with Gasteiger partial charge < -0.3 is 4.74 Å². The Morgan fingerprint density at radius 1 is 1.09 bits per heavy atom. The number of benzene rings is 2.